The van der Waals surface area contributed by atoms with E-state index in [1.54, 1.807) is 6.07 Å². The molecule has 2 aromatic heterocycles. The van der Waals surface area contributed by atoms with Crippen molar-refractivity contribution in [2.75, 3.05) is 6.54 Å². The van der Waals surface area contributed by atoms with Crippen molar-refractivity contribution in [1.82, 2.24) is 15.5 Å². The van der Waals surface area contributed by atoms with Gasteiger partial charge in [0.1, 0.15) is 0 Å². The van der Waals surface area contributed by atoms with E-state index >= 15 is 0 Å². The first-order valence-electron chi connectivity index (χ1n) is 4.95. The van der Waals surface area contributed by atoms with Crippen LogP contribution in [0.3, 0.4) is 0 Å². The van der Waals surface area contributed by atoms with Crippen LogP contribution in [0.2, 0.25) is 0 Å². The second-order valence-corrected chi connectivity index (χ2v) is 4.41. The Labute approximate surface area is 101 Å². The molecule has 0 amide bonds. The molecule has 0 fully saturated rings. The number of hydrogen-bond acceptors (Lipinski definition) is 7. The molecule has 0 aliphatic rings. The molecule has 2 heterocycles. The molecule has 17 heavy (non-hydrogen) atoms. The summed E-state index contributed by atoms with van der Waals surface area (Å²) in [6.07, 6.45) is 2.01. The molecule has 90 valence electrons. The maximum absolute atomic E-state index is 10.5. The molecule has 0 aromatic carbocycles. The molecule has 0 bridgehead atoms. The Hall–Kier alpha value is -1.80. The van der Waals surface area contributed by atoms with Crippen LogP contribution in [-0.2, 0) is 13.0 Å². The predicted octanol–water partition coefficient (Wildman–Crippen LogP) is 1.37. The zero-order valence-electron chi connectivity index (χ0n) is 8.83. The SMILES string of the molecule is O=[N+]([O-])c1ccc(CNCCc2ncno2)s1. The lowest BCUT2D eigenvalue weighted by Gasteiger charge is -1.99. The molecule has 1 N–H and O–H groups in total. The molecule has 0 atom stereocenters. The molecule has 0 aliphatic carbocycles. The number of rotatable bonds is 6. The van der Waals surface area contributed by atoms with Gasteiger partial charge in [0, 0.05) is 30.5 Å². The summed E-state index contributed by atoms with van der Waals surface area (Å²) >= 11 is 1.18. The monoisotopic (exact) mass is 254 g/mol. The summed E-state index contributed by atoms with van der Waals surface area (Å²) in [6, 6.07) is 3.27. The Morgan fingerprint density at radius 3 is 3.06 bits per heavy atom. The van der Waals surface area contributed by atoms with Crippen molar-refractivity contribution in [3.63, 3.8) is 0 Å². The van der Waals surface area contributed by atoms with Crippen molar-refractivity contribution in [3.8, 4) is 0 Å². The van der Waals surface area contributed by atoms with E-state index in [9.17, 15) is 10.1 Å². The Kier molecular flexibility index (Phi) is 3.78. The minimum Gasteiger partial charge on any atom is -0.340 e. The van der Waals surface area contributed by atoms with Crippen molar-refractivity contribution in [2.45, 2.75) is 13.0 Å². The number of hydrogen-bond donors (Lipinski definition) is 1. The largest absolute Gasteiger partial charge is 0.340 e. The fourth-order valence-corrected chi connectivity index (χ4v) is 2.06. The zero-order chi connectivity index (χ0) is 12.1. The van der Waals surface area contributed by atoms with E-state index in [1.165, 1.54) is 23.7 Å². The molecule has 8 heteroatoms. The highest BCUT2D eigenvalue weighted by Gasteiger charge is 2.09. The van der Waals surface area contributed by atoms with Gasteiger partial charge in [-0.3, -0.25) is 10.1 Å². The molecule has 0 radical (unpaired) electrons. The number of nitrogens with zero attached hydrogens (tertiary/aromatic N) is 3. The molecule has 0 saturated carbocycles. The standard InChI is InChI=1S/C9H10N4O3S/c14-13(15)9-2-1-7(17-9)5-10-4-3-8-11-6-12-16-8/h1-2,6,10H,3-5H2. The lowest BCUT2D eigenvalue weighted by atomic mass is 10.4. The van der Waals surface area contributed by atoms with Gasteiger partial charge >= 0.3 is 5.00 Å². The van der Waals surface area contributed by atoms with Gasteiger partial charge in [-0.1, -0.05) is 16.5 Å². The average molecular weight is 254 g/mol. The molecule has 7 nitrogen and oxygen atoms in total. The van der Waals surface area contributed by atoms with Crippen molar-refractivity contribution in [3.05, 3.63) is 39.3 Å². The third-order valence-corrected chi connectivity index (χ3v) is 3.09. The number of nitro groups is 1. The van der Waals surface area contributed by atoms with Crippen LogP contribution < -0.4 is 5.32 Å². The minimum absolute atomic E-state index is 0.165. The normalized spacial score (nSPS) is 10.6. The van der Waals surface area contributed by atoms with Gasteiger partial charge in [-0.05, 0) is 6.07 Å². The highest BCUT2D eigenvalue weighted by molar-refractivity contribution is 7.15. The van der Waals surface area contributed by atoms with Crippen LogP contribution in [0.4, 0.5) is 5.00 Å². The Bertz CT molecular complexity index is 482. The Balaban J connectivity index is 1.72. The van der Waals surface area contributed by atoms with Gasteiger partial charge in [-0.2, -0.15) is 4.98 Å². The molecule has 0 saturated heterocycles. The van der Waals surface area contributed by atoms with Gasteiger partial charge in [0.05, 0.1) is 4.92 Å². The smallest absolute Gasteiger partial charge is 0.324 e. The van der Waals surface area contributed by atoms with E-state index in [1.807, 2.05) is 0 Å². The van der Waals surface area contributed by atoms with Crippen LogP contribution in [0.1, 0.15) is 10.8 Å². The summed E-state index contributed by atoms with van der Waals surface area (Å²) in [7, 11) is 0. The lowest BCUT2D eigenvalue weighted by Crippen LogP contribution is -2.16. The number of thiophene rings is 1. The Morgan fingerprint density at radius 2 is 2.41 bits per heavy atom. The first-order valence-corrected chi connectivity index (χ1v) is 5.77. The summed E-state index contributed by atoms with van der Waals surface area (Å²) in [4.78, 5) is 14.9. The summed E-state index contributed by atoms with van der Waals surface area (Å²) in [5.41, 5.74) is 0. The van der Waals surface area contributed by atoms with Crippen LogP contribution in [0.5, 0.6) is 0 Å². The quantitative estimate of drug-likeness (QED) is 0.475. The van der Waals surface area contributed by atoms with Gasteiger partial charge in [-0.25, -0.2) is 0 Å². The van der Waals surface area contributed by atoms with Gasteiger partial charge in [0.25, 0.3) is 0 Å². The highest BCUT2D eigenvalue weighted by Crippen LogP contribution is 2.23. The van der Waals surface area contributed by atoms with E-state index in [0.29, 0.717) is 25.4 Å². The van der Waals surface area contributed by atoms with Gasteiger partial charge in [0.15, 0.2) is 6.33 Å². The van der Waals surface area contributed by atoms with Crippen molar-refractivity contribution < 1.29 is 9.45 Å². The Morgan fingerprint density at radius 1 is 1.53 bits per heavy atom. The van der Waals surface area contributed by atoms with Crippen LogP contribution in [0.15, 0.2) is 23.0 Å². The lowest BCUT2D eigenvalue weighted by molar-refractivity contribution is -0.380. The molecule has 0 spiro atoms. The molecule has 0 aliphatic heterocycles. The fraction of sp³-hybridized carbons (Fsp3) is 0.333. The topological polar surface area (TPSA) is 94.1 Å². The second-order valence-electron chi connectivity index (χ2n) is 3.26. The van der Waals surface area contributed by atoms with Crippen LogP contribution in [0, 0.1) is 10.1 Å². The summed E-state index contributed by atoms with van der Waals surface area (Å²) in [5.74, 6) is 0.578. The van der Waals surface area contributed by atoms with E-state index in [0.717, 1.165) is 4.88 Å². The molecular formula is C9H10N4O3S. The van der Waals surface area contributed by atoms with Crippen molar-refractivity contribution in [1.29, 1.82) is 0 Å². The molecular weight excluding hydrogens is 244 g/mol. The van der Waals surface area contributed by atoms with Crippen LogP contribution in [-0.4, -0.2) is 21.6 Å². The maximum Gasteiger partial charge on any atom is 0.324 e. The average Bonchev–Trinajstić information content (AvgIpc) is 2.96. The minimum atomic E-state index is -0.382. The second kappa shape index (κ2) is 5.51. The first kappa shape index (κ1) is 11.7. The third-order valence-electron chi connectivity index (χ3n) is 2.05. The van der Waals surface area contributed by atoms with Gasteiger partial charge in [-0.15, -0.1) is 0 Å². The van der Waals surface area contributed by atoms with E-state index in [-0.39, 0.29) is 9.92 Å². The van der Waals surface area contributed by atoms with E-state index in [2.05, 4.69) is 15.5 Å². The fourth-order valence-electron chi connectivity index (χ4n) is 1.27. The molecule has 2 aromatic rings. The van der Waals surface area contributed by atoms with Gasteiger partial charge < -0.3 is 9.84 Å². The molecule has 0 unspecified atom stereocenters. The predicted molar refractivity (Wildman–Crippen MR) is 60.7 cm³/mol. The maximum atomic E-state index is 10.5. The molecule has 2 rings (SSSR count). The highest BCUT2D eigenvalue weighted by atomic mass is 32.1. The van der Waals surface area contributed by atoms with Crippen molar-refractivity contribution >= 4 is 16.3 Å². The third kappa shape index (κ3) is 3.33. The summed E-state index contributed by atoms with van der Waals surface area (Å²) in [5, 5.41) is 17.3. The van der Waals surface area contributed by atoms with E-state index < -0.39 is 0 Å². The summed E-state index contributed by atoms with van der Waals surface area (Å²) < 4.78 is 4.83. The first-order chi connectivity index (χ1) is 8.25. The van der Waals surface area contributed by atoms with E-state index in [4.69, 9.17) is 4.52 Å². The summed E-state index contributed by atoms with van der Waals surface area (Å²) in [6.45, 7) is 1.29. The van der Waals surface area contributed by atoms with Crippen LogP contribution >= 0.6 is 11.3 Å². The van der Waals surface area contributed by atoms with Crippen LogP contribution in [0.25, 0.3) is 0 Å². The van der Waals surface area contributed by atoms with Crippen molar-refractivity contribution in [2.24, 2.45) is 0 Å². The number of aromatic nitrogens is 2. The zero-order valence-corrected chi connectivity index (χ0v) is 9.64. The van der Waals surface area contributed by atoms with Gasteiger partial charge in [0.2, 0.25) is 5.89 Å². The number of nitrogens with one attached hydrogen (secondary N) is 1.